The second-order valence-electron chi connectivity index (χ2n) is 4.99. The molecule has 1 amide bonds. The lowest BCUT2D eigenvalue weighted by molar-refractivity contribution is -0.142. The number of amides is 1. The minimum absolute atomic E-state index is 0.354. The van der Waals surface area contributed by atoms with E-state index in [1.54, 1.807) is 0 Å². The Bertz CT molecular complexity index is 233. The summed E-state index contributed by atoms with van der Waals surface area (Å²) in [6, 6.07) is 0. The molecular formula is C11H20N2O. The van der Waals surface area contributed by atoms with Crippen LogP contribution in [0.15, 0.2) is 0 Å². The van der Waals surface area contributed by atoms with Crippen molar-refractivity contribution in [2.75, 3.05) is 33.2 Å². The molecule has 14 heavy (non-hydrogen) atoms. The van der Waals surface area contributed by atoms with E-state index in [-0.39, 0.29) is 0 Å². The number of rotatable bonds is 2. The van der Waals surface area contributed by atoms with E-state index in [9.17, 15) is 4.79 Å². The van der Waals surface area contributed by atoms with E-state index in [4.69, 9.17) is 0 Å². The molecule has 2 aliphatic rings. The van der Waals surface area contributed by atoms with Crippen LogP contribution in [0, 0.1) is 5.41 Å². The predicted octanol–water partition coefficient (Wildman–Crippen LogP) is 0.951. The molecule has 3 nitrogen and oxygen atoms in total. The SMILES string of the molecule is CCCC(=O)N1CC2(CCN(C)C2)C1. The van der Waals surface area contributed by atoms with E-state index in [2.05, 4.69) is 18.9 Å². The fourth-order valence-corrected chi connectivity index (χ4v) is 2.73. The van der Waals surface area contributed by atoms with Crippen LogP contribution in [-0.2, 0) is 4.79 Å². The molecule has 2 heterocycles. The third-order valence-electron chi connectivity index (χ3n) is 3.50. The van der Waals surface area contributed by atoms with E-state index in [0.29, 0.717) is 11.3 Å². The van der Waals surface area contributed by atoms with Gasteiger partial charge < -0.3 is 9.80 Å². The Morgan fingerprint density at radius 3 is 2.57 bits per heavy atom. The van der Waals surface area contributed by atoms with Gasteiger partial charge in [-0.1, -0.05) is 6.92 Å². The molecular weight excluding hydrogens is 176 g/mol. The van der Waals surface area contributed by atoms with Crippen molar-refractivity contribution in [3.8, 4) is 0 Å². The summed E-state index contributed by atoms with van der Waals surface area (Å²) in [5.41, 5.74) is 0.470. The summed E-state index contributed by atoms with van der Waals surface area (Å²) in [4.78, 5) is 16.0. The highest BCUT2D eigenvalue weighted by atomic mass is 16.2. The molecule has 2 rings (SSSR count). The molecule has 0 unspecified atom stereocenters. The first-order valence-electron chi connectivity index (χ1n) is 5.61. The summed E-state index contributed by atoms with van der Waals surface area (Å²) in [6.07, 6.45) is 2.98. The van der Waals surface area contributed by atoms with Crippen LogP contribution in [0.1, 0.15) is 26.2 Å². The van der Waals surface area contributed by atoms with Crippen molar-refractivity contribution in [3.05, 3.63) is 0 Å². The Morgan fingerprint density at radius 1 is 1.36 bits per heavy atom. The molecule has 0 radical (unpaired) electrons. The highest BCUT2D eigenvalue weighted by Crippen LogP contribution is 2.39. The van der Waals surface area contributed by atoms with Gasteiger partial charge in [0.05, 0.1) is 0 Å². The monoisotopic (exact) mass is 196 g/mol. The summed E-state index contributed by atoms with van der Waals surface area (Å²) in [5.74, 6) is 0.354. The largest absolute Gasteiger partial charge is 0.341 e. The molecule has 1 spiro atoms. The third-order valence-corrected chi connectivity index (χ3v) is 3.50. The van der Waals surface area contributed by atoms with Crippen LogP contribution in [0.4, 0.5) is 0 Å². The molecule has 0 aromatic rings. The number of carbonyl (C=O) groups excluding carboxylic acids is 1. The molecule has 0 atom stereocenters. The molecule has 3 heteroatoms. The van der Waals surface area contributed by atoms with Gasteiger partial charge in [0.15, 0.2) is 0 Å². The summed E-state index contributed by atoms with van der Waals surface area (Å²) in [5, 5.41) is 0. The van der Waals surface area contributed by atoms with Gasteiger partial charge in [0.2, 0.25) is 5.91 Å². The molecule has 0 aromatic heterocycles. The third kappa shape index (κ3) is 1.65. The Labute approximate surface area is 86.1 Å². The Morgan fingerprint density at radius 2 is 2.07 bits per heavy atom. The zero-order valence-electron chi connectivity index (χ0n) is 9.25. The quantitative estimate of drug-likeness (QED) is 0.656. The van der Waals surface area contributed by atoms with Gasteiger partial charge in [0.1, 0.15) is 0 Å². The zero-order chi connectivity index (χ0) is 10.2. The van der Waals surface area contributed by atoms with Crippen LogP contribution in [0.3, 0.4) is 0 Å². The summed E-state index contributed by atoms with van der Waals surface area (Å²) < 4.78 is 0. The first kappa shape index (κ1) is 9.97. The molecule has 0 N–H and O–H groups in total. The van der Waals surface area contributed by atoms with Gasteiger partial charge in [-0.15, -0.1) is 0 Å². The lowest BCUT2D eigenvalue weighted by Gasteiger charge is -2.48. The number of hydrogen-bond donors (Lipinski definition) is 0. The first-order chi connectivity index (χ1) is 6.65. The van der Waals surface area contributed by atoms with Crippen molar-refractivity contribution >= 4 is 5.91 Å². The fraction of sp³-hybridized carbons (Fsp3) is 0.909. The maximum Gasteiger partial charge on any atom is 0.222 e. The first-order valence-corrected chi connectivity index (χ1v) is 5.61. The molecule has 2 aliphatic heterocycles. The van der Waals surface area contributed by atoms with Crippen molar-refractivity contribution in [1.29, 1.82) is 0 Å². The summed E-state index contributed by atoms with van der Waals surface area (Å²) in [7, 11) is 2.17. The van der Waals surface area contributed by atoms with Crippen LogP contribution >= 0.6 is 0 Å². The van der Waals surface area contributed by atoms with E-state index in [1.165, 1.54) is 19.5 Å². The maximum absolute atomic E-state index is 11.6. The lowest BCUT2D eigenvalue weighted by Crippen LogP contribution is -2.59. The maximum atomic E-state index is 11.6. The molecule has 0 bridgehead atoms. The average molecular weight is 196 g/mol. The lowest BCUT2D eigenvalue weighted by atomic mass is 9.79. The van der Waals surface area contributed by atoms with E-state index in [0.717, 1.165) is 25.9 Å². The minimum Gasteiger partial charge on any atom is -0.341 e. The minimum atomic E-state index is 0.354. The molecule has 2 saturated heterocycles. The number of likely N-dealkylation sites (tertiary alicyclic amines) is 2. The summed E-state index contributed by atoms with van der Waals surface area (Å²) in [6.45, 7) is 6.47. The smallest absolute Gasteiger partial charge is 0.222 e. The van der Waals surface area contributed by atoms with Gasteiger partial charge in [-0.2, -0.15) is 0 Å². The van der Waals surface area contributed by atoms with Gasteiger partial charge in [0, 0.05) is 31.5 Å². The molecule has 0 aromatic carbocycles. The van der Waals surface area contributed by atoms with Gasteiger partial charge in [-0.25, -0.2) is 0 Å². The van der Waals surface area contributed by atoms with Crippen LogP contribution < -0.4 is 0 Å². The normalized spacial score (nSPS) is 25.4. The Kier molecular flexibility index (Phi) is 2.52. The average Bonchev–Trinajstić information content (AvgIpc) is 2.45. The highest BCUT2D eigenvalue weighted by molar-refractivity contribution is 5.77. The number of carbonyl (C=O) groups is 1. The van der Waals surface area contributed by atoms with Crippen molar-refractivity contribution in [2.24, 2.45) is 5.41 Å². The molecule has 2 fully saturated rings. The van der Waals surface area contributed by atoms with E-state index >= 15 is 0 Å². The van der Waals surface area contributed by atoms with Crippen LogP contribution in [0.25, 0.3) is 0 Å². The fourth-order valence-electron chi connectivity index (χ4n) is 2.73. The van der Waals surface area contributed by atoms with Gasteiger partial charge >= 0.3 is 0 Å². The second kappa shape index (κ2) is 3.54. The van der Waals surface area contributed by atoms with Gasteiger partial charge in [-0.05, 0) is 26.4 Å². The second-order valence-corrected chi connectivity index (χ2v) is 4.99. The summed E-state index contributed by atoms with van der Waals surface area (Å²) >= 11 is 0. The Balaban J connectivity index is 1.81. The highest BCUT2D eigenvalue weighted by Gasteiger charge is 2.47. The van der Waals surface area contributed by atoms with Crippen molar-refractivity contribution < 1.29 is 4.79 Å². The van der Waals surface area contributed by atoms with E-state index in [1.807, 2.05) is 4.90 Å². The topological polar surface area (TPSA) is 23.6 Å². The van der Waals surface area contributed by atoms with Crippen molar-refractivity contribution in [1.82, 2.24) is 9.80 Å². The predicted molar refractivity (Wildman–Crippen MR) is 56.0 cm³/mol. The van der Waals surface area contributed by atoms with Crippen molar-refractivity contribution in [2.45, 2.75) is 26.2 Å². The standard InChI is InChI=1S/C11H20N2O/c1-3-4-10(14)13-8-11(9-13)5-6-12(2)7-11/h3-9H2,1-2H3. The van der Waals surface area contributed by atoms with Crippen LogP contribution in [0.5, 0.6) is 0 Å². The van der Waals surface area contributed by atoms with Crippen LogP contribution in [-0.4, -0.2) is 48.9 Å². The molecule has 0 saturated carbocycles. The van der Waals surface area contributed by atoms with Crippen LogP contribution in [0.2, 0.25) is 0 Å². The zero-order valence-corrected chi connectivity index (χ0v) is 9.25. The number of nitrogens with zero attached hydrogens (tertiary/aromatic N) is 2. The van der Waals surface area contributed by atoms with Gasteiger partial charge in [0.25, 0.3) is 0 Å². The van der Waals surface area contributed by atoms with Gasteiger partial charge in [-0.3, -0.25) is 4.79 Å². The number of hydrogen-bond acceptors (Lipinski definition) is 2. The van der Waals surface area contributed by atoms with E-state index < -0.39 is 0 Å². The molecule has 80 valence electrons. The van der Waals surface area contributed by atoms with Crippen molar-refractivity contribution in [3.63, 3.8) is 0 Å². The molecule has 0 aliphatic carbocycles. The Hall–Kier alpha value is -0.570.